The van der Waals surface area contributed by atoms with E-state index in [1.807, 2.05) is 43.6 Å². The van der Waals surface area contributed by atoms with Crippen LogP contribution in [0.15, 0.2) is 48.7 Å². The molecule has 88 valence electrons. The van der Waals surface area contributed by atoms with Crippen molar-refractivity contribution in [3.05, 3.63) is 48.7 Å². The Morgan fingerprint density at radius 3 is 2.47 bits per heavy atom. The number of nitrogens with one attached hydrogen (secondary N) is 1. The summed E-state index contributed by atoms with van der Waals surface area (Å²) in [5.74, 6) is 0.942. The minimum Gasteiger partial charge on any atom is -0.384 e. The molecule has 0 radical (unpaired) electrons. The molecule has 1 N–H and O–H groups in total. The molecule has 0 aliphatic carbocycles. The highest BCUT2D eigenvalue weighted by atomic mass is 15.2. The molecular weight excluding hydrogens is 210 g/mol. The van der Waals surface area contributed by atoms with Crippen LogP contribution in [0.25, 0.3) is 0 Å². The first-order valence-electron chi connectivity index (χ1n) is 5.80. The average Bonchev–Trinajstić information content (AvgIpc) is 2.40. The normalized spacial score (nSPS) is 10.0. The van der Waals surface area contributed by atoms with Crippen molar-refractivity contribution in [3.8, 4) is 0 Å². The molecule has 0 aliphatic rings. The molecule has 17 heavy (non-hydrogen) atoms. The minimum absolute atomic E-state index is 0.912. The maximum absolute atomic E-state index is 4.44. The summed E-state index contributed by atoms with van der Waals surface area (Å²) in [6, 6.07) is 14.3. The number of nitrogens with zero attached hydrogens (tertiary/aromatic N) is 2. The lowest BCUT2D eigenvalue weighted by molar-refractivity contribution is 1.12. The molecule has 1 heterocycles. The van der Waals surface area contributed by atoms with Crippen molar-refractivity contribution in [3.63, 3.8) is 0 Å². The smallest absolute Gasteiger partial charge is 0.132 e. The largest absolute Gasteiger partial charge is 0.384 e. The number of anilines is 3. The van der Waals surface area contributed by atoms with Gasteiger partial charge in [-0.05, 0) is 31.2 Å². The van der Waals surface area contributed by atoms with Gasteiger partial charge < -0.3 is 10.2 Å². The molecule has 0 amide bonds. The van der Waals surface area contributed by atoms with Crippen molar-refractivity contribution in [2.24, 2.45) is 0 Å². The van der Waals surface area contributed by atoms with Crippen molar-refractivity contribution in [1.82, 2.24) is 4.98 Å². The van der Waals surface area contributed by atoms with Crippen LogP contribution in [0.4, 0.5) is 17.2 Å². The van der Waals surface area contributed by atoms with Crippen molar-refractivity contribution in [2.45, 2.75) is 6.92 Å². The Morgan fingerprint density at radius 2 is 1.88 bits per heavy atom. The van der Waals surface area contributed by atoms with Crippen LogP contribution in [0.2, 0.25) is 0 Å². The Hall–Kier alpha value is -2.03. The molecule has 0 saturated heterocycles. The molecule has 0 unspecified atom stereocenters. The number of aromatic nitrogens is 1. The summed E-state index contributed by atoms with van der Waals surface area (Å²) in [5, 5.41) is 3.23. The summed E-state index contributed by atoms with van der Waals surface area (Å²) in [4.78, 5) is 6.50. The van der Waals surface area contributed by atoms with E-state index >= 15 is 0 Å². The Kier molecular flexibility index (Phi) is 3.60. The monoisotopic (exact) mass is 227 g/mol. The lowest BCUT2D eigenvalue weighted by Crippen LogP contribution is -2.11. The van der Waals surface area contributed by atoms with Crippen molar-refractivity contribution in [1.29, 1.82) is 0 Å². The van der Waals surface area contributed by atoms with Crippen molar-refractivity contribution >= 4 is 17.2 Å². The third-order valence-electron chi connectivity index (χ3n) is 2.62. The van der Waals surface area contributed by atoms with Gasteiger partial charge in [0.1, 0.15) is 5.82 Å². The molecular formula is C14H17N3. The summed E-state index contributed by atoms with van der Waals surface area (Å²) >= 11 is 0. The lowest BCUT2D eigenvalue weighted by Gasteiger charge is -2.18. The molecule has 0 atom stereocenters. The highest BCUT2D eigenvalue weighted by molar-refractivity contribution is 5.60. The first kappa shape index (κ1) is 11.5. The van der Waals surface area contributed by atoms with E-state index in [1.165, 1.54) is 0 Å². The second-order valence-corrected chi connectivity index (χ2v) is 3.83. The lowest BCUT2D eigenvalue weighted by atomic mass is 10.3. The van der Waals surface area contributed by atoms with Crippen LogP contribution in [0.3, 0.4) is 0 Å². The second kappa shape index (κ2) is 5.34. The fraction of sp³-hybridized carbons (Fsp3) is 0.214. The summed E-state index contributed by atoms with van der Waals surface area (Å²) in [6.07, 6.45) is 1.86. The predicted octanol–water partition coefficient (Wildman–Crippen LogP) is 3.28. The molecule has 2 aromatic rings. The fourth-order valence-corrected chi connectivity index (χ4v) is 1.68. The van der Waals surface area contributed by atoms with Gasteiger partial charge >= 0.3 is 0 Å². The third-order valence-corrected chi connectivity index (χ3v) is 2.62. The molecule has 3 nitrogen and oxygen atoms in total. The van der Waals surface area contributed by atoms with Crippen molar-refractivity contribution in [2.75, 3.05) is 23.8 Å². The van der Waals surface area contributed by atoms with Crippen LogP contribution >= 0.6 is 0 Å². The quantitative estimate of drug-likeness (QED) is 0.868. The highest BCUT2D eigenvalue weighted by Gasteiger charge is 2.03. The maximum Gasteiger partial charge on any atom is 0.132 e. The molecule has 0 fully saturated rings. The van der Waals surface area contributed by atoms with E-state index in [-0.39, 0.29) is 0 Å². The van der Waals surface area contributed by atoms with Crippen LogP contribution in [0.1, 0.15) is 6.92 Å². The van der Waals surface area contributed by atoms with E-state index in [9.17, 15) is 0 Å². The fourth-order valence-electron chi connectivity index (χ4n) is 1.68. The molecule has 1 aromatic carbocycles. The summed E-state index contributed by atoms with van der Waals surface area (Å²) in [5.41, 5.74) is 2.19. The SMILES string of the molecule is CCNc1ccc(N(C)c2ccccc2)nc1. The number of pyridine rings is 1. The van der Waals surface area contributed by atoms with Gasteiger partial charge in [-0.15, -0.1) is 0 Å². The van der Waals surface area contributed by atoms with Gasteiger partial charge in [-0.3, -0.25) is 0 Å². The average molecular weight is 227 g/mol. The van der Waals surface area contributed by atoms with Gasteiger partial charge in [-0.25, -0.2) is 4.98 Å². The third kappa shape index (κ3) is 2.75. The van der Waals surface area contributed by atoms with Gasteiger partial charge in [-0.2, -0.15) is 0 Å². The molecule has 1 aromatic heterocycles. The number of para-hydroxylation sites is 1. The van der Waals surface area contributed by atoms with Gasteiger partial charge in [0, 0.05) is 19.3 Å². The molecule has 3 heteroatoms. The first-order valence-corrected chi connectivity index (χ1v) is 5.80. The molecule has 0 saturated carbocycles. The van der Waals surface area contributed by atoms with Crippen LogP contribution in [-0.2, 0) is 0 Å². The number of hydrogen-bond donors (Lipinski definition) is 1. The number of rotatable bonds is 4. The highest BCUT2D eigenvalue weighted by Crippen LogP contribution is 2.21. The van der Waals surface area contributed by atoms with E-state index in [1.54, 1.807) is 0 Å². The van der Waals surface area contributed by atoms with E-state index in [0.29, 0.717) is 0 Å². The first-order chi connectivity index (χ1) is 8.31. The Bertz CT molecular complexity index is 451. The zero-order chi connectivity index (χ0) is 12.1. The van der Waals surface area contributed by atoms with E-state index in [2.05, 4.69) is 34.3 Å². The zero-order valence-electron chi connectivity index (χ0n) is 10.2. The Labute approximate surface area is 102 Å². The van der Waals surface area contributed by atoms with Gasteiger partial charge in [0.05, 0.1) is 11.9 Å². The molecule has 0 spiro atoms. The number of benzene rings is 1. The van der Waals surface area contributed by atoms with Gasteiger partial charge in [0.25, 0.3) is 0 Å². The van der Waals surface area contributed by atoms with Crippen LogP contribution in [0.5, 0.6) is 0 Å². The standard InChI is InChI=1S/C14H17N3/c1-3-15-12-9-10-14(16-11-12)17(2)13-7-5-4-6-8-13/h4-11,15H,3H2,1-2H3. The van der Waals surface area contributed by atoms with Crippen molar-refractivity contribution < 1.29 is 0 Å². The summed E-state index contributed by atoms with van der Waals surface area (Å²) in [7, 11) is 2.02. The second-order valence-electron chi connectivity index (χ2n) is 3.83. The molecule has 0 aliphatic heterocycles. The van der Waals surface area contributed by atoms with Gasteiger partial charge in [0.2, 0.25) is 0 Å². The minimum atomic E-state index is 0.912. The topological polar surface area (TPSA) is 28.2 Å². The van der Waals surface area contributed by atoms with E-state index in [0.717, 1.165) is 23.7 Å². The Balaban J connectivity index is 2.17. The van der Waals surface area contributed by atoms with Crippen LogP contribution in [0, 0.1) is 0 Å². The number of hydrogen-bond acceptors (Lipinski definition) is 3. The maximum atomic E-state index is 4.44. The predicted molar refractivity (Wildman–Crippen MR) is 72.9 cm³/mol. The van der Waals surface area contributed by atoms with Gasteiger partial charge in [-0.1, -0.05) is 18.2 Å². The Morgan fingerprint density at radius 1 is 1.12 bits per heavy atom. The summed E-state index contributed by atoms with van der Waals surface area (Å²) < 4.78 is 0. The zero-order valence-corrected chi connectivity index (χ0v) is 10.2. The summed E-state index contributed by atoms with van der Waals surface area (Å²) in [6.45, 7) is 2.99. The van der Waals surface area contributed by atoms with Crippen LogP contribution < -0.4 is 10.2 Å². The van der Waals surface area contributed by atoms with Gasteiger partial charge in [0.15, 0.2) is 0 Å². The molecule has 0 bridgehead atoms. The van der Waals surface area contributed by atoms with E-state index < -0.39 is 0 Å². The van der Waals surface area contributed by atoms with Crippen LogP contribution in [-0.4, -0.2) is 18.6 Å². The van der Waals surface area contributed by atoms with E-state index in [4.69, 9.17) is 0 Å². The molecule has 2 rings (SSSR count).